The van der Waals surface area contributed by atoms with E-state index in [0.29, 0.717) is 10.8 Å². The number of rotatable bonds is 4. The maximum atomic E-state index is 11.8. The fourth-order valence-electron chi connectivity index (χ4n) is 1.00. The van der Waals surface area contributed by atoms with Crippen LogP contribution in [0.4, 0.5) is 13.2 Å². The molecule has 0 saturated carbocycles. The van der Waals surface area contributed by atoms with Crippen molar-refractivity contribution in [1.82, 2.24) is 0 Å². The molecule has 1 aromatic rings. The molecule has 5 heteroatoms. The van der Waals surface area contributed by atoms with Gasteiger partial charge in [0.25, 0.3) is 0 Å². The quantitative estimate of drug-likeness (QED) is 0.712. The molecule has 1 rings (SSSR count). The van der Waals surface area contributed by atoms with Crippen molar-refractivity contribution in [2.75, 3.05) is 5.75 Å². The van der Waals surface area contributed by atoms with E-state index in [1.54, 1.807) is 18.2 Å². The SMILES string of the molecule is FC(F)(F)CCSCc1cccc(Cl)c1. The van der Waals surface area contributed by atoms with Crippen molar-refractivity contribution in [2.24, 2.45) is 0 Å². The minimum atomic E-state index is -4.05. The number of halogens is 4. The van der Waals surface area contributed by atoms with Gasteiger partial charge in [0.1, 0.15) is 0 Å². The molecule has 1 aromatic carbocycles. The first kappa shape index (κ1) is 12.7. The van der Waals surface area contributed by atoms with Gasteiger partial charge in [0.2, 0.25) is 0 Å². The van der Waals surface area contributed by atoms with Crippen molar-refractivity contribution in [2.45, 2.75) is 18.3 Å². The molecule has 0 aliphatic rings. The largest absolute Gasteiger partial charge is 0.389 e. The Hall–Kier alpha value is -0.350. The highest BCUT2D eigenvalue weighted by molar-refractivity contribution is 7.98. The molecular formula is C10H10ClF3S. The van der Waals surface area contributed by atoms with Gasteiger partial charge in [-0.15, -0.1) is 0 Å². The molecule has 0 spiro atoms. The lowest BCUT2D eigenvalue weighted by Crippen LogP contribution is -2.08. The Morgan fingerprint density at radius 3 is 2.60 bits per heavy atom. The topological polar surface area (TPSA) is 0 Å². The van der Waals surface area contributed by atoms with Crippen LogP contribution in [0.2, 0.25) is 5.02 Å². The first-order valence-corrected chi connectivity index (χ1v) is 5.89. The normalized spacial score (nSPS) is 11.7. The molecule has 0 aliphatic carbocycles. The van der Waals surface area contributed by atoms with Gasteiger partial charge in [-0.2, -0.15) is 24.9 Å². The van der Waals surface area contributed by atoms with Crippen LogP contribution in [0, 0.1) is 0 Å². The second-order valence-electron chi connectivity index (χ2n) is 3.05. The van der Waals surface area contributed by atoms with Gasteiger partial charge in [0.05, 0.1) is 6.42 Å². The average molecular weight is 255 g/mol. The maximum Gasteiger partial charge on any atom is 0.389 e. The summed E-state index contributed by atoms with van der Waals surface area (Å²) in [5.74, 6) is 0.659. The van der Waals surface area contributed by atoms with Gasteiger partial charge >= 0.3 is 6.18 Å². The second kappa shape index (κ2) is 5.66. The van der Waals surface area contributed by atoms with Crippen LogP contribution in [0.25, 0.3) is 0 Å². The zero-order valence-corrected chi connectivity index (χ0v) is 9.42. The van der Waals surface area contributed by atoms with Crippen LogP contribution in [0.15, 0.2) is 24.3 Å². The molecule has 0 fully saturated rings. The Kier molecular flexibility index (Phi) is 4.80. The number of hydrogen-bond donors (Lipinski definition) is 0. The number of thioether (sulfide) groups is 1. The Labute approximate surface area is 95.8 Å². The smallest absolute Gasteiger partial charge is 0.171 e. The van der Waals surface area contributed by atoms with Crippen LogP contribution in [-0.2, 0) is 5.75 Å². The standard InChI is InChI=1S/C10H10ClF3S/c11-9-3-1-2-8(6-9)7-15-5-4-10(12,13)14/h1-3,6H,4-5,7H2. The average Bonchev–Trinajstić information content (AvgIpc) is 2.11. The third-order valence-electron chi connectivity index (χ3n) is 1.69. The van der Waals surface area contributed by atoms with E-state index in [9.17, 15) is 13.2 Å². The zero-order valence-electron chi connectivity index (χ0n) is 7.85. The molecule has 0 bridgehead atoms. The highest BCUT2D eigenvalue weighted by Gasteiger charge is 2.25. The van der Waals surface area contributed by atoms with Gasteiger partial charge in [0.15, 0.2) is 0 Å². The van der Waals surface area contributed by atoms with Crippen LogP contribution in [0.5, 0.6) is 0 Å². The Balaban J connectivity index is 2.26. The van der Waals surface area contributed by atoms with Crippen molar-refractivity contribution in [3.05, 3.63) is 34.9 Å². The lowest BCUT2D eigenvalue weighted by molar-refractivity contribution is -0.129. The summed E-state index contributed by atoms with van der Waals surface area (Å²) in [6, 6.07) is 7.15. The summed E-state index contributed by atoms with van der Waals surface area (Å²) >= 11 is 7.00. The van der Waals surface area contributed by atoms with Crippen molar-refractivity contribution < 1.29 is 13.2 Å². The minimum Gasteiger partial charge on any atom is -0.171 e. The molecule has 0 unspecified atom stereocenters. The van der Waals surface area contributed by atoms with E-state index in [2.05, 4.69) is 0 Å². The Morgan fingerprint density at radius 1 is 1.27 bits per heavy atom. The van der Waals surface area contributed by atoms with E-state index >= 15 is 0 Å². The molecule has 0 aliphatic heterocycles. The number of benzene rings is 1. The molecular weight excluding hydrogens is 245 g/mol. The van der Waals surface area contributed by atoms with Crippen molar-refractivity contribution >= 4 is 23.4 Å². The summed E-state index contributed by atoms with van der Waals surface area (Å²) in [4.78, 5) is 0. The summed E-state index contributed by atoms with van der Waals surface area (Å²) in [6.07, 6.45) is -4.79. The van der Waals surface area contributed by atoms with E-state index < -0.39 is 12.6 Å². The minimum absolute atomic E-state index is 0.0933. The van der Waals surface area contributed by atoms with Gasteiger partial charge in [-0.3, -0.25) is 0 Å². The molecule has 0 aromatic heterocycles. The van der Waals surface area contributed by atoms with Crippen LogP contribution >= 0.6 is 23.4 Å². The Bertz CT molecular complexity index is 312. The zero-order chi connectivity index (χ0) is 11.3. The molecule has 0 N–H and O–H groups in total. The molecule has 0 amide bonds. The van der Waals surface area contributed by atoms with E-state index in [-0.39, 0.29) is 5.75 Å². The number of alkyl halides is 3. The lowest BCUT2D eigenvalue weighted by Gasteiger charge is -2.05. The summed E-state index contributed by atoms with van der Waals surface area (Å²) in [5.41, 5.74) is 0.953. The first-order chi connectivity index (χ1) is 6.97. The van der Waals surface area contributed by atoms with Crippen LogP contribution in [-0.4, -0.2) is 11.9 Å². The predicted molar refractivity (Wildman–Crippen MR) is 58.3 cm³/mol. The van der Waals surface area contributed by atoms with Gasteiger partial charge in [0, 0.05) is 16.5 Å². The summed E-state index contributed by atoms with van der Waals surface area (Å²) in [5, 5.41) is 0.615. The van der Waals surface area contributed by atoms with Crippen LogP contribution < -0.4 is 0 Å². The molecule has 84 valence electrons. The Morgan fingerprint density at radius 2 is 2.00 bits per heavy atom. The second-order valence-corrected chi connectivity index (χ2v) is 4.59. The van der Waals surface area contributed by atoms with Crippen molar-refractivity contribution in [3.63, 3.8) is 0 Å². The van der Waals surface area contributed by atoms with Gasteiger partial charge in [-0.25, -0.2) is 0 Å². The van der Waals surface area contributed by atoms with Crippen molar-refractivity contribution in [3.8, 4) is 0 Å². The maximum absolute atomic E-state index is 11.8. The van der Waals surface area contributed by atoms with E-state index in [1.165, 1.54) is 11.8 Å². The van der Waals surface area contributed by atoms with Gasteiger partial charge < -0.3 is 0 Å². The molecule has 0 saturated heterocycles. The molecule has 0 nitrogen and oxygen atoms in total. The highest BCUT2D eigenvalue weighted by atomic mass is 35.5. The van der Waals surface area contributed by atoms with Gasteiger partial charge in [-0.05, 0) is 17.7 Å². The lowest BCUT2D eigenvalue weighted by atomic mass is 10.2. The molecule has 0 heterocycles. The van der Waals surface area contributed by atoms with Gasteiger partial charge in [-0.1, -0.05) is 23.7 Å². The monoisotopic (exact) mass is 254 g/mol. The van der Waals surface area contributed by atoms with Crippen LogP contribution in [0.1, 0.15) is 12.0 Å². The van der Waals surface area contributed by atoms with E-state index in [0.717, 1.165) is 5.56 Å². The first-order valence-electron chi connectivity index (χ1n) is 4.36. The van der Waals surface area contributed by atoms with E-state index in [1.807, 2.05) is 6.07 Å². The molecule has 0 atom stereocenters. The van der Waals surface area contributed by atoms with Crippen LogP contribution in [0.3, 0.4) is 0 Å². The summed E-state index contributed by atoms with van der Waals surface area (Å²) < 4.78 is 35.4. The highest BCUT2D eigenvalue weighted by Crippen LogP contribution is 2.24. The molecule has 0 radical (unpaired) electrons. The third-order valence-corrected chi connectivity index (χ3v) is 2.95. The summed E-state index contributed by atoms with van der Waals surface area (Å²) in [6.45, 7) is 0. The third kappa shape index (κ3) is 5.95. The summed E-state index contributed by atoms with van der Waals surface area (Å²) in [7, 11) is 0. The fourth-order valence-corrected chi connectivity index (χ4v) is 2.15. The van der Waals surface area contributed by atoms with Crippen molar-refractivity contribution in [1.29, 1.82) is 0 Å². The number of hydrogen-bond acceptors (Lipinski definition) is 1. The fraction of sp³-hybridized carbons (Fsp3) is 0.400. The predicted octanol–water partition coefficient (Wildman–Crippen LogP) is 4.53. The molecule has 15 heavy (non-hydrogen) atoms. The van der Waals surface area contributed by atoms with E-state index in [4.69, 9.17) is 11.6 Å².